The van der Waals surface area contributed by atoms with Crippen LogP contribution >= 0.6 is 0 Å². The molecule has 1 rings (SSSR count). The molecule has 1 amide bonds. The smallest absolute Gasteiger partial charge is 0.234 e. The molecule has 0 saturated heterocycles. The molecule has 0 radical (unpaired) electrons. The second-order valence-electron chi connectivity index (χ2n) is 7.62. The summed E-state index contributed by atoms with van der Waals surface area (Å²) in [6.07, 6.45) is 8.83. The minimum absolute atomic E-state index is 0.154. The van der Waals surface area contributed by atoms with Gasteiger partial charge < -0.3 is 15.5 Å². The zero-order valence-electron chi connectivity index (χ0n) is 14.5. The molecule has 124 valence electrons. The summed E-state index contributed by atoms with van der Waals surface area (Å²) in [5.74, 6) is 0.154. The van der Waals surface area contributed by atoms with Crippen molar-refractivity contribution < 1.29 is 4.79 Å². The van der Waals surface area contributed by atoms with Gasteiger partial charge in [0.25, 0.3) is 0 Å². The fraction of sp³-hybridized carbons (Fsp3) is 0.941. The molecular weight excluding hydrogens is 262 g/mol. The Morgan fingerprint density at radius 1 is 1.10 bits per heavy atom. The van der Waals surface area contributed by atoms with Crippen molar-refractivity contribution in [3.63, 3.8) is 0 Å². The highest BCUT2D eigenvalue weighted by Crippen LogP contribution is 2.17. The monoisotopic (exact) mass is 297 g/mol. The first kappa shape index (κ1) is 18.4. The molecule has 2 N–H and O–H groups in total. The Morgan fingerprint density at radius 3 is 2.24 bits per heavy atom. The van der Waals surface area contributed by atoms with Crippen LogP contribution < -0.4 is 10.6 Å². The van der Waals surface area contributed by atoms with Gasteiger partial charge in [-0.3, -0.25) is 4.79 Å². The number of amides is 1. The minimum Gasteiger partial charge on any atom is -0.352 e. The Labute approximate surface area is 131 Å². The molecule has 1 fully saturated rings. The average molecular weight is 297 g/mol. The Morgan fingerprint density at radius 2 is 1.67 bits per heavy atom. The minimum atomic E-state index is 0.154. The van der Waals surface area contributed by atoms with Gasteiger partial charge in [0.05, 0.1) is 6.54 Å². The summed E-state index contributed by atoms with van der Waals surface area (Å²) in [6.45, 7) is 6.78. The summed E-state index contributed by atoms with van der Waals surface area (Å²) in [4.78, 5) is 14.2. The quantitative estimate of drug-likeness (QED) is 0.758. The third kappa shape index (κ3) is 9.10. The topological polar surface area (TPSA) is 44.4 Å². The molecule has 0 spiro atoms. The normalized spacial score (nSPS) is 18.3. The van der Waals surface area contributed by atoms with Crippen molar-refractivity contribution in [2.45, 2.75) is 64.8 Å². The van der Waals surface area contributed by atoms with Gasteiger partial charge in [-0.15, -0.1) is 0 Å². The van der Waals surface area contributed by atoms with Crippen LogP contribution in [-0.4, -0.2) is 50.6 Å². The van der Waals surface area contributed by atoms with E-state index in [1.807, 2.05) is 0 Å². The Bertz CT molecular complexity index is 294. The lowest BCUT2D eigenvalue weighted by Crippen LogP contribution is -2.44. The first-order chi connectivity index (χ1) is 9.89. The van der Waals surface area contributed by atoms with E-state index in [1.54, 1.807) is 0 Å². The summed E-state index contributed by atoms with van der Waals surface area (Å²) < 4.78 is 0. The molecule has 0 bridgehead atoms. The van der Waals surface area contributed by atoms with Crippen molar-refractivity contribution in [1.29, 1.82) is 0 Å². The van der Waals surface area contributed by atoms with Gasteiger partial charge in [0.2, 0.25) is 5.91 Å². The molecule has 1 aliphatic carbocycles. The van der Waals surface area contributed by atoms with Gasteiger partial charge in [0.1, 0.15) is 0 Å². The van der Waals surface area contributed by atoms with Crippen LogP contribution in [0.5, 0.6) is 0 Å². The van der Waals surface area contributed by atoms with Gasteiger partial charge in [-0.25, -0.2) is 0 Å². The number of carbonyl (C=O) groups excluding carboxylic acids is 1. The van der Waals surface area contributed by atoms with E-state index in [-0.39, 0.29) is 11.3 Å². The maximum Gasteiger partial charge on any atom is 0.234 e. The Balaban J connectivity index is 2.20. The lowest BCUT2D eigenvalue weighted by atomic mass is 9.93. The fourth-order valence-corrected chi connectivity index (χ4v) is 3.31. The highest BCUT2D eigenvalue weighted by molar-refractivity contribution is 5.78. The number of rotatable bonds is 7. The lowest BCUT2D eigenvalue weighted by Gasteiger charge is -2.28. The van der Waals surface area contributed by atoms with Gasteiger partial charge in [-0.05, 0) is 32.4 Å². The van der Waals surface area contributed by atoms with Crippen LogP contribution in [0, 0.1) is 5.41 Å². The van der Waals surface area contributed by atoms with Crippen LogP contribution in [0.2, 0.25) is 0 Å². The highest BCUT2D eigenvalue weighted by atomic mass is 16.1. The molecule has 21 heavy (non-hydrogen) atoms. The summed E-state index contributed by atoms with van der Waals surface area (Å²) >= 11 is 0. The third-order valence-corrected chi connectivity index (χ3v) is 4.10. The fourth-order valence-electron chi connectivity index (χ4n) is 3.31. The molecule has 1 aliphatic rings. The molecule has 0 aromatic carbocycles. The summed E-state index contributed by atoms with van der Waals surface area (Å²) in [7, 11) is 4.17. The molecule has 0 aliphatic heterocycles. The van der Waals surface area contributed by atoms with Crippen molar-refractivity contribution in [3.05, 3.63) is 0 Å². The van der Waals surface area contributed by atoms with Gasteiger partial charge in [-0.1, -0.05) is 46.0 Å². The molecule has 0 unspecified atom stereocenters. The number of nitrogens with zero attached hydrogens (tertiary/aromatic N) is 1. The van der Waals surface area contributed by atoms with Gasteiger partial charge in [-0.2, -0.15) is 0 Å². The van der Waals surface area contributed by atoms with Gasteiger partial charge in [0, 0.05) is 19.1 Å². The SMILES string of the molecule is CN(C)CC(C)(C)CNCC(=O)NC1CCCCCCC1. The molecule has 0 heterocycles. The summed E-state index contributed by atoms with van der Waals surface area (Å²) in [5.41, 5.74) is 0.185. The van der Waals surface area contributed by atoms with Gasteiger partial charge in [0.15, 0.2) is 0 Å². The number of hydrogen-bond acceptors (Lipinski definition) is 3. The molecule has 4 nitrogen and oxygen atoms in total. The van der Waals surface area contributed by atoms with E-state index >= 15 is 0 Å². The zero-order valence-corrected chi connectivity index (χ0v) is 14.5. The number of carbonyl (C=O) groups is 1. The van der Waals surface area contributed by atoms with E-state index in [4.69, 9.17) is 0 Å². The van der Waals surface area contributed by atoms with E-state index in [0.29, 0.717) is 12.6 Å². The standard InChI is InChI=1S/C17H35N3O/c1-17(2,14-20(3)4)13-18-12-16(21)19-15-10-8-6-5-7-9-11-15/h15,18H,5-14H2,1-4H3,(H,19,21). The number of nitrogens with one attached hydrogen (secondary N) is 2. The Hall–Kier alpha value is -0.610. The van der Waals surface area contributed by atoms with Crippen LogP contribution in [0.4, 0.5) is 0 Å². The predicted molar refractivity (Wildman–Crippen MR) is 89.5 cm³/mol. The van der Waals surface area contributed by atoms with Crippen LogP contribution in [0.15, 0.2) is 0 Å². The van der Waals surface area contributed by atoms with Crippen molar-refractivity contribution in [2.24, 2.45) is 5.41 Å². The van der Waals surface area contributed by atoms with E-state index in [9.17, 15) is 4.79 Å². The van der Waals surface area contributed by atoms with Crippen LogP contribution in [-0.2, 0) is 4.79 Å². The predicted octanol–water partition coefficient (Wildman–Crippen LogP) is 2.39. The molecular formula is C17H35N3O. The largest absolute Gasteiger partial charge is 0.352 e. The third-order valence-electron chi connectivity index (χ3n) is 4.10. The van der Waals surface area contributed by atoms with Crippen molar-refractivity contribution in [2.75, 3.05) is 33.7 Å². The summed E-state index contributed by atoms with van der Waals surface area (Å²) in [6, 6.07) is 0.398. The summed E-state index contributed by atoms with van der Waals surface area (Å²) in [5, 5.41) is 6.51. The number of hydrogen-bond donors (Lipinski definition) is 2. The van der Waals surface area contributed by atoms with E-state index < -0.39 is 0 Å². The second kappa shape index (κ2) is 9.42. The first-order valence-electron chi connectivity index (χ1n) is 8.54. The maximum atomic E-state index is 12.0. The molecule has 0 atom stereocenters. The van der Waals surface area contributed by atoms with Crippen LogP contribution in [0.1, 0.15) is 58.8 Å². The second-order valence-corrected chi connectivity index (χ2v) is 7.62. The van der Waals surface area contributed by atoms with E-state index in [0.717, 1.165) is 25.9 Å². The lowest BCUT2D eigenvalue weighted by molar-refractivity contribution is -0.121. The average Bonchev–Trinajstić information content (AvgIpc) is 2.30. The van der Waals surface area contributed by atoms with Crippen molar-refractivity contribution in [1.82, 2.24) is 15.5 Å². The molecule has 0 aromatic rings. The van der Waals surface area contributed by atoms with Crippen LogP contribution in [0.25, 0.3) is 0 Å². The van der Waals surface area contributed by atoms with Gasteiger partial charge >= 0.3 is 0 Å². The Kier molecular flexibility index (Phi) is 8.27. The maximum absolute atomic E-state index is 12.0. The molecule has 0 aromatic heterocycles. The van der Waals surface area contributed by atoms with E-state index in [1.165, 1.54) is 32.1 Å². The van der Waals surface area contributed by atoms with Crippen molar-refractivity contribution >= 4 is 5.91 Å². The highest BCUT2D eigenvalue weighted by Gasteiger charge is 2.19. The van der Waals surface area contributed by atoms with E-state index in [2.05, 4.69) is 43.5 Å². The zero-order chi connectivity index (χ0) is 15.7. The molecule has 4 heteroatoms. The van der Waals surface area contributed by atoms with Crippen LogP contribution in [0.3, 0.4) is 0 Å². The van der Waals surface area contributed by atoms with Crippen molar-refractivity contribution in [3.8, 4) is 0 Å². The first-order valence-corrected chi connectivity index (χ1v) is 8.54. The molecule has 1 saturated carbocycles.